The van der Waals surface area contributed by atoms with Crippen LogP contribution in [0.5, 0.6) is 0 Å². The average molecular weight is 220 g/mol. The lowest BCUT2D eigenvalue weighted by Crippen LogP contribution is -2.48. The maximum Gasteiger partial charge on any atom is 0.263 e. The summed E-state index contributed by atoms with van der Waals surface area (Å²) >= 11 is 0. The van der Waals surface area contributed by atoms with E-state index in [2.05, 4.69) is 0 Å². The van der Waals surface area contributed by atoms with Crippen molar-refractivity contribution in [1.29, 1.82) is 0 Å². The standard InChI is InChI=1S/C12H16N2O2/c13-11-7-4-8-14(12(11)15)16-9-10-5-2-1-3-6-10/h1-3,5-6,11H,4,7-9,13H2/t11-/m1/s1. The van der Waals surface area contributed by atoms with Gasteiger partial charge in [0.15, 0.2) is 0 Å². The number of nitrogens with zero attached hydrogens (tertiary/aromatic N) is 1. The summed E-state index contributed by atoms with van der Waals surface area (Å²) in [6, 6.07) is 9.38. The van der Waals surface area contributed by atoms with Gasteiger partial charge in [0.2, 0.25) is 0 Å². The van der Waals surface area contributed by atoms with Gasteiger partial charge in [0.05, 0.1) is 6.04 Å². The summed E-state index contributed by atoms with van der Waals surface area (Å²) in [4.78, 5) is 17.1. The Kier molecular flexibility index (Phi) is 3.54. The SMILES string of the molecule is N[C@@H]1CCCN(OCc2ccccc2)C1=O. The van der Waals surface area contributed by atoms with Crippen molar-refractivity contribution >= 4 is 5.91 Å². The third kappa shape index (κ3) is 2.59. The van der Waals surface area contributed by atoms with Crippen molar-refractivity contribution in [3.05, 3.63) is 35.9 Å². The number of piperidine rings is 1. The maximum atomic E-state index is 11.6. The third-order valence-electron chi connectivity index (χ3n) is 2.67. The molecule has 0 saturated carbocycles. The highest BCUT2D eigenvalue weighted by Gasteiger charge is 2.26. The molecule has 1 atom stereocenters. The van der Waals surface area contributed by atoms with E-state index in [0.717, 1.165) is 18.4 Å². The molecule has 0 unspecified atom stereocenters. The number of hydrogen-bond donors (Lipinski definition) is 1. The van der Waals surface area contributed by atoms with Gasteiger partial charge in [0, 0.05) is 6.54 Å². The zero-order valence-corrected chi connectivity index (χ0v) is 9.13. The van der Waals surface area contributed by atoms with Gasteiger partial charge in [-0.15, -0.1) is 0 Å². The van der Waals surface area contributed by atoms with Crippen LogP contribution in [0.3, 0.4) is 0 Å². The average Bonchev–Trinajstić information content (AvgIpc) is 2.32. The molecule has 1 fully saturated rings. The minimum absolute atomic E-state index is 0.109. The van der Waals surface area contributed by atoms with Gasteiger partial charge in [0.25, 0.3) is 5.91 Å². The number of amides is 1. The Bertz CT molecular complexity index is 353. The number of rotatable bonds is 3. The molecule has 2 rings (SSSR count). The molecule has 4 heteroatoms. The minimum Gasteiger partial charge on any atom is -0.320 e. The summed E-state index contributed by atoms with van der Waals surface area (Å²) in [6.45, 7) is 1.05. The molecule has 1 amide bonds. The number of hydrogen-bond acceptors (Lipinski definition) is 3. The van der Waals surface area contributed by atoms with Gasteiger partial charge in [-0.05, 0) is 18.4 Å². The molecule has 2 N–H and O–H groups in total. The molecule has 0 spiro atoms. The van der Waals surface area contributed by atoms with Crippen molar-refractivity contribution in [2.75, 3.05) is 6.54 Å². The number of hydroxylamine groups is 2. The number of carbonyl (C=O) groups is 1. The maximum absolute atomic E-state index is 11.6. The van der Waals surface area contributed by atoms with Gasteiger partial charge < -0.3 is 5.73 Å². The van der Waals surface area contributed by atoms with E-state index in [-0.39, 0.29) is 5.91 Å². The van der Waals surface area contributed by atoms with E-state index >= 15 is 0 Å². The smallest absolute Gasteiger partial charge is 0.263 e. The molecule has 16 heavy (non-hydrogen) atoms. The lowest BCUT2D eigenvalue weighted by Gasteiger charge is -2.29. The van der Waals surface area contributed by atoms with Crippen LogP contribution in [-0.4, -0.2) is 23.6 Å². The quantitative estimate of drug-likeness (QED) is 0.829. The normalized spacial score (nSPS) is 21.2. The molecular formula is C12H16N2O2. The molecule has 0 aliphatic carbocycles. The van der Waals surface area contributed by atoms with E-state index < -0.39 is 6.04 Å². The summed E-state index contributed by atoms with van der Waals surface area (Å²) in [5, 5.41) is 1.39. The van der Waals surface area contributed by atoms with Crippen LogP contribution in [0.4, 0.5) is 0 Å². The van der Waals surface area contributed by atoms with Crippen LogP contribution < -0.4 is 5.73 Å². The first kappa shape index (κ1) is 11.1. The van der Waals surface area contributed by atoms with Crippen molar-refractivity contribution in [1.82, 2.24) is 5.06 Å². The highest BCUT2D eigenvalue weighted by atomic mass is 16.7. The van der Waals surface area contributed by atoms with Gasteiger partial charge >= 0.3 is 0 Å². The Balaban J connectivity index is 1.88. The first-order chi connectivity index (χ1) is 7.77. The van der Waals surface area contributed by atoms with Gasteiger partial charge in [-0.2, -0.15) is 0 Å². The van der Waals surface area contributed by atoms with Crippen LogP contribution in [-0.2, 0) is 16.2 Å². The van der Waals surface area contributed by atoms with Crippen molar-refractivity contribution in [2.45, 2.75) is 25.5 Å². The van der Waals surface area contributed by atoms with Crippen molar-refractivity contribution in [3.8, 4) is 0 Å². The largest absolute Gasteiger partial charge is 0.320 e. The van der Waals surface area contributed by atoms with E-state index in [0.29, 0.717) is 13.2 Å². The second-order valence-electron chi connectivity index (χ2n) is 3.95. The lowest BCUT2D eigenvalue weighted by molar-refractivity contribution is -0.198. The molecule has 0 bridgehead atoms. The highest BCUT2D eigenvalue weighted by Crippen LogP contribution is 2.12. The topological polar surface area (TPSA) is 55.6 Å². The third-order valence-corrected chi connectivity index (χ3v) is 2.67. The van der Waals surface area contributed by atoms with Crippen molar-refractivity contribution in [3.63, 3.8) is 0 Å². The molecule has 1 aromatic carbocycles. The van der Waals surface area contributed by atoms with Crippen LogP contribution in [0.15, 0.2) is 30.3 Å². The molecule has 1 aliphatic heterocycles. The van der Waals surface area contributed by atoms with Crippen LogP contribution >= 0.6 is 0 Å². The van der Waals surface area contributed by atoms with Gasteiger partial charge in [-0.3, -0.25) is 9.63 Å². The second kappa shape index (κ2) is 5.09. The highest BCUT2D eigenvalue weighted by molar-refractivity contribution is 5.81. The molecule has 0 radical (unpaired) electrons. The molecule has 0 aromatic heterocycles. The van der Waals surface area contributed by atoms with E-state index in [1.165, 1.54) is 5.06 Å². The van der Waals surface area contributed by atoms with E-state index in [1.807, 2.05) is 30.3 Å². The lowest BCUT2D eigenvalue weighted by atomic mass is 10.1. The van der Waals surface area contributed by atoms with Crippen molar-refractivity contribution in [2.24, 2.45) is 5.73 Å². The summed E-state index contributed by atoms with van der Waals surface area (Å²) in [7, 11) is 0. The Morgan fingerprint density at radius 1 is 1.38 bits per heavy atom. The predicted octanol–water partition coefficient (Wildman–Crippen LogP) is 1.07. The van der Waals surface area contributed by atoms with Crippen molar-refractivity contribution < 1.29 is 9.63 Å². The predicted molar refractivity (Wildman–Crippen MR) is 60.2 cm³/mol. The van der Waals surface area contributed by atoms with Crippen LogP contribution in [0.25, 0.3) is 0 Å². The van der Waals surface area contributed by atoms with Crippen LogP contribution in [0.1, 0.15) is 18.4 Å². The van der Waals surface area contributed by atoms with Crippen LogP contribution in [0, 0.1) is 0 Å². The minimum atomic E-state index is -0.399. The molecule has 1 heterocycles. The van der Waals surface area contributed by atoms with Gasteiger partial charge in [0.1, 0.15) is 6.61 Å². The first-order valence-electron chi connectivity index (χ1n) is 5.51. The molecule has 86 valence electrons. The van der Waals surface area contributed by atoms with Gasteiger partial charge in [-0.1, -0.05) is 30.3 Å². The number of nitrogens with two attached hydrogens (primary N) is 1. The summed E-state index contributed by atoms with van der Waals surface area (Å²) < 4.78 is 0. The zero-order chi connectivity index (χ0) is 11.4. The van der Waals surface area contributed by atoms with E-state index in [4.69, 9.17) is 10.6 Å². The second-order valence-corrected chi connectivity index (χ2v) is 3.95. The molecule has 1 aliphatic rings. The number of carbonyl (C=O) groups excluding carboxylic acids is 1. The fourth-order valence-corrected chi connectivity index (χ4v) is 1.73. The number of benzene rings is 1. The van der Waals surface area contributed by atoms with Gasteiger partial charge in [-0.25, -0.2) is 5.06 Å². The Morgan fingerprint density at radius 2 is 2.12 bits per heavy atom. The molecule has 4 nitrogen and oxygen atoms in total. The monoisotopic (exact) mass is 220 g/mol. The Hall–Kier alpha value is -1.39. The Labute approximate surface area is 94.9 Å². The summed E-state index contributed by atoms with van der Waals surface area (Å²) in [5.41, 5.74) is 6.72. The fourth-order valence-electron chi connectivity index (χ4n) is 1.73. The summed E-state index contributed by atoms with van der Waals surface area (Å²) in [5.74, 6) is -0.109. The van der Waals surface area contributed by atoms with E-state index in [9.17, 15) is 4.79 Å². The first-order valence-corrected chi connectivity index (χ1v) is 5.51. The zero-order valence-electron chi connectivity index (χ0n) is 9.13. The van der Waals surface area contributed by atoms with Crippen LogP contribution in [0.2, 0.25) is 0 Å². The Morgan fingerprint density at radius 3 is 2.88 bits per heavy atom. The molecule has 1 saturated heterocycles. The summed E-state index contributed by atoms with van der Waals surface area (Å²) in [6.07, 6.45) is 1.66. The fraction of sp³-hybridized carbons (Fsp3) is 0.417. The molecular weight excluding hydrogens is 204 g/mol. The van der Waals surface area contributed by atoms with E-state index in [1.54, 1.807) is 0 Å². The molecule has 1 aromatic rings.